The van der Waals surface area contributed by atoms with Gasteiger partial charge >= 0.3 is 6.01 Å². The van der Waals surface area contributed by atoms with Crippen LogP contribution < -0.4 is 29.0 Å². The minimum absolute atomic E-state index is 0.0102. The number of carbonyl (C=O) groups is 1. The maximum atomic E-state index is 13.0. The molecule has 2 aromatic heterocycles. The van der Waals surface area contributed by atoms with E-state index in [0.29, 0.717) is 11.5 Å². The van der Waals surface area contributed by atoms with Gasteiger partial charge in [0.05, 0.1) is 28.4 Å². The molecule has 10 nitrogen and oxygen atoms in total. The van der Waals surface area contributed by atoms with Gasteiger partial charge in [0, 0.05) is 6.07 Å². The van der Waals surface area contributed by atoms with Gasteiger partial charge in [-0.15, -0.1) is 0 Å². The lowest BCUT2D eigenvalue weighted by Gasteiger charge is -2.43. The summed E-state index contributed by atoms with van der Waals surface area (Å²) in [6.07, 6.45) is 2.15. The van der Waals surface area contributed by atoms with E-state index in [4.69, 9.17) is 28.1 Å². The molecular formula is C28H35N3O7. The first kappa shape index (κ1) is 27.1. The fourth-order valence-electron chi connectivity index (χ4n) is 5.01. The molecule has 0 fully saturated rings. The summed E-state index contributed by atoms with van der Waals surface area (Å²) in [6, 6.07) is 5.20. The molecule has 1 aromatic carbocycles. The monoisotopic (exact) mass is 525 g/mol. The maximum absolute atomic E-state index is 13.0. The minimum Gasteiger partial charge on any atom is -0.493 e. The van der Waals surface area contributed by atoms with Crippen molar-refractivity contribution >= 4 is 11.6 Å². The number of furan rings is 1. The van der Waals surface area contributed by atoms with Crippen LogP contribution in [0, 0.1) is 6.92 Å². The lowest BCUT2D eigenvalue weighted by Crippen LogP contribution is -2.34. The van der Waals surface area contributed by atoms with Crippen molar-refractivity contribution in [1.29, 1.82) is 0 Å². The minimum atomic E-state index is -0.567. The average Bonchev–Trinajstić information content (AvgIpc) is 3.36. The number of fused-ring (bicyclic) bond motifs is 1. The molecule has 38 heavy (non-hydrogen) atoms. The Morgan fingerprint density at radius 2 is 1.55 bits per heavy atom. The third-order valence-corrected chi connectivity index (χ3v) is 7.12. The van der Waals surface area contributed by atoms with Gasteiger partial charge in [0.2, 0.25) is 11.8 Å². The van der Waals surface area contributed by atoms with E-state index >= 15 is 0 Å². The number of nitrogens with zero attached hydrogens (tertiary/aromatic N) is 2. The Hall–Kier alpha value is -3.95. The predicted molar refractivity (Wildman–Crippen MR) is 141 cm³/mol. The number of hydrogen-bond donors (Lipinski definition) is 1. The van der Waals surface area contributed by atoms with Crippen molar-refractivity contribution in [1.82, 2.24) is 9.97 Å². The summed E-state index contributed by atoms with van der Waals surface area (Å²) in [5, 5.41) is 2.68. The van der Waals surface area contributed by atoms with Crippen LogP contribution in [0.3, 0.4) is 0 Å². The summed E-state index contributed by atoms with van der Waals surface area (Å²) in [4.78, 5) is 21.2. The topological polar surface area (TPSA) is 114 Å². The fourth-order valence-corrected chi connectivity index (χ4v) is 5.01. The van der Waals surface area contributed by atoms with Crippen LogP contribution in [0.2, 0.25) is 0 Å². The Balaban J connectivity index is 1.65. The van der Waals surface area contributed by atoms with Gasteiger partial charge in [-0.25, -0.2) is 0 Å². The number of ether oxygens (including phenoxy) is 5. The highest BCUT2D eigenvalue weighted by Crippen LogP contribution is 2.52. The third kappa shape index (κ3) is 4.82. The molecule has 0 atom stereocenters. The predicted octanol–water partition coefficient (Wildman–Crippen LogP) is 5.81. The summed E-state index contributed by atoms with van der Waals surface area (Å²) < 4.78 is 33.3. The molecule has 0 saturated heterocycles. The smallest absolute Gasteiger partial charge is 0.322 e. The molecule has 1 N–H and O–H groups in total. The number of methoxy groups -OCH3 is 4. The second-order valence-corrected chi connectivity index (χ2v) is 10.5. The van der Waals surface area contributed by atoms with Crippen LogP contribution in [0.1, 0.15) is 67.8 Å². The zero-order valence-corrected chi connectivity index (χ0v) is 23.4. The number of nitrogens with one attached hydrogen (secondary N) is 1. The quantitative estimate of drug-likeness (QED) is 0.389. The molecule has 1 aliphatic carbocycles. The molecule has 1 amide bonds. The van der Waals surface area contributed by atoms with Crippen LogP contribution in [-0.2, 0) is 10.8 Å². The van der Waals surface area contributed by atoms with Crippen LogP contribution in [0.4, 0.5) is 5.69 Å². The average molecular weight is 526 g/mol. The number of aromatic nitrogens is 2. The molecule has 10 heteroatoms. The number of amides is 1. The second-order valence-electron chi connectivity index (χ2n) is 10.5. The molecule has 204 valence electrons. The molecule has 1 aliphatic rings. The van der Waals surface area contributed by atoms with E-state index in [1.165, 1.54) is 38.5 Å². The number of rotatable bonds is 8. The highest BCUT2D eigenvalue weighted by Gasteiger charge is 2.40. The zero-order chi connectivity index (χ0) is 27.8. The van der Waals surface area contributed by atoms with Crippen molar-refractivity contribution in [3.8, 4) is 35.2 Å². The molecule has 0 saturated carbocycles. The second kappa shape index (κ2) is 10.1. The third-order valence-electron chi connectivity index (χ3n) is 7.12. The molecular weight excluding hydrogens is 490 g/mol. The van der Waals surface area contributed by atoms with Gasteiger partial charge in [-0.1, -0.05) is 27.7 Å². The zero-order valence-electron chi connectivity index (χ0n) is 23.4. The SMILES string of the molecule is COc1nc(OC)c(NC(=O)c2ccc(Oc3c(OC)cc4c(c3C)C(C)(C)CCC4(C)C)o2)c(OC)n1. The standard InChI is InChI=1S/C28H35N3O7/c1-15-20-16(27(2,3)12-13-28(20,4)5)14-18(33-6)22(15)38-19-11-10-17(37-19)23(32)29-21-24(34-7)30-26(36-9)31-25(21)35-8/h10-11,14H,12-13H2,1-9H3,(H,29,32). The Bertz CT molecular complexity index is 1340. The Morgan fingerprint density at radius 1 is 0.921 bits per heavy atom. The van der Waals surface area contributed by atoms with E-state index in [9.17, 15) is 4.79 Å². The van der Waals surface area contributed by atoms with Gasteiger partial charge in [-0.05, 0) is 59.4 Å². The van der Waals surface area contributed by atoms with E-state index in [-0.39, 0.29) is 46.0 Å². The molecule has 4 rings (SSSR count). The van der Waals surface area contributed by atoms with Gasteiger partial charge in [0.1, 0.15) is 0 Å². The maximum Gasteiger partial charge on any atom is 0.322 e. The van der Waals surface area contributed by atoms with Gasteiger partial charge in [-0.2, -0.15) is 9.97 Å². The number of benzene rings is 1. The molecule has 0 bridgehead atoms. The molecule has 2 heterocycles. The molecule has 0 aliphatic heterocycles. The Morgan fingerprint density at radius 3 is 2.13 bits per heavy atom. The molecule has 0 unspecified atom stereocenters. The Labute approximate surface area is 222 Å². The largest absolute Gasteiger partial charge is 0.493 e. The van der Waals surface area contributed by atoms with Crippen molar-refractivity contribution in [3.05, 3.63) is 40.6 Å². The van der Waals surface area contributed by atoms with Crippen LogP contribution in [0.5, 0.6) is 35.2 Å². The van der Waals surface area contributed by atoms with Crippen LogP contribution in [-0.4, -0.2) is 44.3 Å². The Kier molecular flexibility index (Phi) is 7.18. The molecule has 0 spiro atoms. The highest BCUT2D eigenvalue weighted by molar-refractivity contribution is 6.03. The first-order valence-electron chi connectivity index (χ1n) is 12.3. The van der Waals surface area contributed by atoms with Crippen molar-refractivity contribution in [3.63, 3.8) is 0 Å². The van der Waals surface area contributed by atoms with Gasteiger partial charge in [0.15, 0.2) is 22.9 Å². The lowest BCUT2D eigenvalue weighted by atomic mass is 9.62. The van der Waals surface area contributed by atoms with Crippen molar-refractivity contribution < 1.29 is 32.9 Å². The van der Waals surface area contributed by atoms with Gasteiger partial charge in [-0.3, -0.25) is 4.79 Å². The van der Waals surface area contributed by atoms with E-state index in [1.54, 1.807) is 13.2 Å². The van der Waals surface area contributed by atoms with Gasteiger partial charge < -0.3 is 33.4 Å². The fraction of sp³-hybridized carbons (Fsp3) is 0.464. The molecule has 0 radical (unpaired) electrons. The normalized spacial score (nSPS) is 15.3. The van der Waals surface area contributed by atoms with Crippen LogP contribution in [0.25, 0.3) is 0 Å². The van der Waals surface area contributed by atoms with Crippen LogP contribution in [0.15, 0.2) is 22.6 Å². The number of hydrogen-bond acceptors (Lipinski definition) is 9. The van der Waals surface area contributed by atoms with E-state index in [0.717, 1.165) is 18.4 Å². The summed E-state index contributed by atoms with van der Waals surface area (Å²) in [5.74, 6) is 0.909. The number of anilines is 1. The first-order valence-corrected chi connectivity index (χ1v) is 12.3. The molecule has 3 aromatic rings. The summed E-state index contributed by atoms with van der Waals surface area (Å²) >= 11 is 0. The van der Waals surface area contributed by atoms with E-state index < -0.39 is 5.91 Å². The van der Waals surface area contributed by atoms with Crippen molar-refractivity contribution in [2.24, 2.45) is 0 Å². The van der Waals surface area contributed by atoms with E-state index in [2.05, 4.69) is 49.0 Å². The lowest BCUT2D eigenvalue weighted by molar-refractivity contribution is 0.0990. The van der Waals surface area contributed by atoms with E-state index in [1.807, 2.05) is 6.92 Å². The number of carbonyl (C=O) groups excluding carboxylic acids is 1. The summed E-state index contributed by atoms with van der Waals surface area (Å²) in [5.41, 5.74) is 3.64. The van der Waals surface area contributed by atoms with Gasteiger partial charge in [0.25, 0.3) is 11.9 Å². The van der Waals surface area contributed by atoms with Crippen LogP contribution >= 0.6 is 0 Å². The summed E-state index contributed by atoms with van der Waals surface area (Å²) in [7, 11) is 5.85. The van der Waals surface area contributed by atoms with Crippen molar-refractivity contribution in [2.45, 2.75) is 58.3 Å². The van der Waals surface area contributed by atoms with Crippen molar-refractivity contribution in [2.75, 3.05) is 33.8 Å². The highest BCUT2D eigenvalue weighted by atomic mass is 16.6. The first-order chi connectivity index (χ1) is 17.9. The summed E-state index contributed by atoms with van der Waals surface area (Å²) in [6.45, 7) is 11.1.